The van der Waals surface area contributed by atoms with Crippen LogP contribution in [0, 0.1) is 23.7 Å². The second-order valence-electron chi connectivity index (χ2n) is 10.4. The molecule has 0 saturated carbocycles. The topological polar surface area (TPSA) is 209 Å². The Kier molecular flexibility index (Phi) is 30.7. The van der Waals surface area contributed by atoms with Crippen LogP contribution < -0.4 is 5.73 Å². The number of carbonyl (C=O) groups excluding carboxylic acids is 6. The third kappa shape index (κ3) is 26.1. The van der Waals surface area contributed by atoms with E-state index in [2.05, 4.69) is 0 Å². The number of rotatable bonds is 13. The number of nitrogens with two attached hydrogens (primary N) is 1. The molecule has 0 aromatic rings. The summed E-state index contributed by atoms with van der Waals surface area (Å²) in [6.07, 6.45) is -4.59. The van der Waals surface area contributed by atoms with Crippen LogP contribution in [0.1, 0.15) is 96.4 Å². The molecule has 4 atom stereocenters. The second-order valence-corrected chi connectivity index (χ2v) is 10.4. The van der Waals surface area contributed by atoms with Crippen molar-refractivity contribution in [1.82, 2.24) is 0 Å². The van der Waals surface area contributed by atoms with E-state index in [0.29, 0.717) is 13.0 Å². The first-order valence-electron chi connectivity index (χ1n) is 13.1. The highest BCUT2D eigenvalue weighted by Crippen LogP contribution is 2.05. The Morgan fingerprint density at radius 1 is 0.575 bits per heavy atom. The van der Waals surface area contributed by atoms with Crippen molar-refractivity contribution >= 4 is 34.7 Å². The van der Waals surface area contributed by atoms with Crippen LogP contribution >= 0.6 is 0 Å². The molecule has 0 aliphatic heterocycles. The summed E-state index contributed by atoms with van der Waals surface area (Å²) in [6.45, 7) is 18.4. The number of hydrogen-bond donors (Lipinski definition) is 5. The average Bonchev–Trinajstić information content (AvgIpc) is 2.82. The van der Waals surface area contributed by atoms with Gasteiger partial charge in [0.1, 0.15) is 36.0 Å². The Hall–Kier alpha value is -2.18. The standard InChI is InChI=1S/C8H14O4.C8H14O3.C6H13NO.C6H12O2.CH4/c1-4(2)6(10)8(12)7(11)5(3)9;1-5(2)7(10)4-8(11)6(3)9;1-5(2)6(8)3-4-7;1-4(2)6(8)5(3)7;/h4,7-8,11-12H,1-3H3;5,8,11H,4H2,1-3H3;5H,3-4,7H2,1-2H3;4-5,7H,1-3H3;1H4. The summed E-state index contributed by atoms with van der Waals surface area (Å²) in [5.74, 6) is -1.76. The normalized spacial score (nSPS) is 13.2. The van der Waals surface area contributed by atoms with Crippen LogP contribution in [0.4, 0.5) is 0 Å². The molecule has 0 aliphatic carbocycles. The molecule has 0 aromatic heterocycles. The van der Waals surface area contributed by atoms with Crippen LogP contribution in [-0.2, 0) is 28.8 Å². The number of ketones is 6. The van der Waals surface area contributed by atoms with Crippen LogP contribution in [0.25, 0.3) is 0 Å². The van der Waals surface area contributed by atoms with E-state index in [9.17, 15) is 28.8 Å². The molecule has 238 valence electrons. The fraction of sp³-hybridized carbons (Fsp3) is 0.793. The summed E-state index contributed by atoms with van der Waals surface area (Å²) in [6, 6.07) is 0. The van der Waals surface area contributed by atoms with E-state index in [1.165, 1.54) is 13.8 Å². The van der Waals surface area contributed by atoms with Crippen LogP contribution in [-0.4, -0.2) is 86.1 Å². The quantitative estimate of drug-likeness (QED) is 0.212. The Bertz CT molecular complexity index is 748. The van der Waals surface area contributed by atoms with Gasteiger partial charge in [0, 0.05) is 36.5 Å². The van der Waals surface area contributed by atoms with Gasteiger partial charge in [0.2, 0.25) is 0 Å². The summed E-state index contributed by atoms with van der Waals surface area (Å²) in [7, 11) is 0. The smallest absolute Gasteiger partial charge is 0.166 e. The van der Waals surface area contributed by atoms with Gasteiger partial charge >= 0.3 is 0 Å². The molecule has 0 bridgehead atoms. The molecule has 0 radical (unpaired) electrons. The van der Waals surface area contributed by atoms with Crippen molar-refractivity contribution in [3.8, 4) is 0 Å². The van der Waals surface area contributed by atoms with Crippen molar-refractivity contribution in [2.75, 3.05) is 6.54 Å². The zero-order valence-corrected chi connectivity index (χ0v) is 25.6. The molecule has 11 heteroatoms. The summed E-state index contributed by atoms with van der Waals surface area (Å²) < 4.78 is 0. The van der Waals surface area contributed by atoms with E-state index >= 15 is 0 Å². The van der Waals surface area contributed by atoms with Crippen molar-refractivity contribution in [3.63, 3.8) is 0 Å². The number of aliphatic hydroxyl groups excluding tert-OH is 4. The predicted molar refractivity (Wildman–Crippen MR) is 155 cm³/mol. The van der Waals surface area contributed by atoms with E-state index in [-0.39, 0.29) is 60.7 Å². The highest BCUT2D eigenvalue weighted by molar-refractivity contribution is 5.92. The van der Waals surface area contributed by atoms with Gasteiger partial charge in [0.15, 0.2) is 23.1 Å². The van der Waals surface area contributed by atoms with Gasteiger partial charge in [0.25, 0.3) is 0 Å². The minimum atomic E-state index is -1.58. The lowest BCUT2D eigenvalue weighted by Gasteiger charge is -2.15. The minimum absolute atomic E-state index is 0. The van der Waals surface area contributed by atoms with Crippen molar-refractivity contribution in [2.45, 2.75) is 121 Å². The predicted octanol–water partition coefficient (Wildman–Crippen LogP) is 1.86. The molecular weight excluding hydrogens is 522 g/mol. The van der Waals surface area contributed by atoms with Gasteiger partial charge in [-0.25, -0.2) is 0 Å². The molecule has 0 heterocycles. The molecule has 0 saturated heterocycles. The second kappa shape index (κ2) is 25.8. The Morgan fingerprint density at radius 3 is 1.12 bits per heavy atom. The van der Waals surface area contributed by atoms with E-state index in [1.807, 2.05) is 13.8 Å². The first-order chi connectivity index (χ1) is 17.6. The maximum atomic E-state index is 11.0. The summed E-state index contributed by atoms with van der Waals surface area (Å²) in [4.78, 5) is 64.3. The average molecular weight is 580 g/mol. The molecule has 0 fully saturated rings. The zero-order chi connectivity index (χ0) is 32.2. The molecule has 0 aliphatic rings. The molecule has 0 aromatic carbocycles. The van der Waals surface area contributed by atoms with Gasteiger partial charge in [-0.3, -0.25) is 28.8 Å². The van der Waals surface area contributed by atoms with E-state index in [4.69, 9.17) is 26.2 Å². The lowest BCUT2D eigenvalue weighted by molar-refractivity contribution is -0.144. The third-order valence-electron chi connectivity index (χ3n) is 5.10. The summed E-state index contributed by atoms with van der Waals surface area (Å²) >= 11 is 0. The SMILES string of the molecule is C.CC(=O)C(O)C(O)C(=O)C(C)C.CC(=O)C(O)CC(=O)C(C)C.CC(C)C(=O)C(C)O.CC(C)C(=O)CCN. The summed E-state index contributed by atoms with van der Waals surface area (Å²) in [5.41, 5.74) is 5.15. The molecule has 6 N–H and O–H groups in total. The van der Waals surface area contributed by atoms with Crippen LogP contribution in [0.3, 0.4) is 0 Å². The van der Waals surface area contributed by atoms with Crippen molar-refractivity contribution < 1.29 is 49.2 Å². The van der Waals surface area contributed by atoms with E-state index < -0.39 is 36.0 Å². The van der Waals surface area contributed by atoms with Gasteiger partial charge in [-0.2, -0.15) is 0 Å². The summed E-state index contributed by atoms with van der Waals surface area (Å²) in [5, 5.41) is 35.7. The molecule has 4 unspecified atom stereocenters. The molecule has 0 amide bonds. The van der Waals surface area contributed by atoms with Crippen molar-refractivity contribution in [1.29, 1.82) is 0 Å². The third-order valence-corrected chi connectivity index (χ3v) is 5.10. The van der Waals surface area contributed by atoms with Gasteiger partial charge in [-0.1, -0.05) is 62.8 Å². The van der Waals surface area contributed by atoms with Crippen LogP contribution in [0.2, 0.25) is 0 Å². The van der Waals surface area contributed by atoms with Gasteiger partial charge < -0.3 is 26.2 Å². The Balaban J connectivity index is -0.000000137. The van der Waals surface area contributed by atoms with Gasteiger partial charge in [-0.05, 0) is 27.3 Å². The van der Waals surface area contributed by atoms with Crippen LogP contribution in [0.15, 0.2) is 0 Å². The molecule has 0 spiro atoms. The first-order valence-corrected chi connectivity index (χ1v) is 13.1. The maximum absolute atomic E-state index is 11.0. The van der Waals surface area contributed by atoms with E-state index in [0.717, 1.165) is 6.92 Å². The lowest BCUT2D eigenvalue weighted by atomic mass is 9.98. The highest BCUT2D eigenvalue weighted by atomic mass is 16.3. The molecule has 40 heavy (non-hydrogen) atoms. The van der Waals surface area contributed by atoms with Crippen molar-refractivity contribution in [2.24, 2.45) is 29.4 Å². The number of aliphatic hydroxyl groups is 4. The lowest BCUT2D eigenvalue weighted by Crippen LogP contribution is -2.40. The number of Topliss-reactive ketones (excluding diaryl/α,β-unsaturated/α-hetero) is 6. The van der Waals surface area contributed by atoms with Crippen molar-refractivity contribution in [3.05, 3.63) is 0 Å². The minimum Gasteiger partial charge on any atom is -0.386 e. The molecule has 0 rings (SSSR count). The monoisotopic (exact) mass is 579 g/mol. The fourth-order valence-electron chi connectivity index (χ4n) is 2.20. The number of carbonyl (C=O) groups is 6. The Morgan fingerprint density at radius 2 is 0.950 bits per heavy atom. The van der Waals surface area contributed by atoms with E-state index in [1.54, 1.807) is 41.5 Å². The van der Waals surface area contributed by atoms with Gasteiger partial charge in [-0.15, -0.1) is 0 Å². The Labute approximate surface area is 240 Å². The highest BCUT2D eigenvalue weighted by Gasteiger charge is 2.28. The zero-order valence-electron chi connectivity index (χ0n) is 25.6. The fourth-order valence-corrected chi connectivity index (χ4v) is 2.20. The maximum Gasteiger partial charge on any atom is 0.166 e. The first kappa shape index (κ1) is 47.6. The molecular formula is C29H57NO10. The van der Waals surface area contributed by atoms with Crippen LogP contribution in [0.5, 0.6) is 0 Å². The molecule has 11 nitrogen and oxygen atoms in total. The number of hydrogen-bond acceptors (Lipinski definition) is 11. The van der Waals surface area contributed by atoms with Gasteiger partial charge in [0.05, 0.1) is 0 Å². The largest absolute Gasteiger partial charge is 0.386 e.